The van der Waals surface area contributed by atoms with Crippen molar-refractivity contribution in [3.8, 4) is 12.3 Å². The highest BCUT2D eigenvalue weighted by Gasteiger charge is 2.33. The molecule has 1 saturated carbocycles. The first kappa shape index (κ1) is 36.0. The summed E-state index contributed by atoms with van der Waals surface area (Å²) in [6.07, 6.45) is 10.4. The van der Waals surface area contributed by atoms with Crippen LogP contribution >= 0.6 is 0 Å². The zero-order valence-electron chi connectivity index (χ0n) is 26.2. The Labute approximate surface area is 258 Å². The van der Waals surface area contributed by atoms with E-state index < -0.39 is 42.0 Å². The number of carbonyl (C=O) groups excluding carboxylic acids is 3. The molecule has 9 heteroatoms. The highest BCUT2D eigenvalue weighted by atomic mass is 16.3. The molecule has 0 bridgehead atoms. The fraction of sp³-hybridized carbons (Fsp3) is 0.618. The molecule has 0 saturated heterocycles. The predicted molar refractivity (Wildman–Crippen MR) is 170 cm³/mol. The van der Waals surface area contributed by atoms with Crippen LogP contribution in [0.25, 0.3) is 0 Å². The molecule has 0 radical (unpaired) electrons. The van der Waals surface area contributed by atoms with E-state index in [0.717, 1.165) is 37.8 Å². The van der Waals surface area contributed by atoms with Gasteiger partial charge in [0.1, 0.15) is 12.1 Å². The average Bonchev–Trinajstić information content (AvgIpc) is 3.02. The second kappa shape index (κ2) is 19.2. The first-order valence-corrected chi connectivity index (χ1v) is 15.6. The van der Waals surface area contributed by atoms with E-state index in [4.69, 9.17) is 6.42 Å². The minimum atomic E-state index is -1.25. The highest BCUT2D eigenvalue weighted by molar-refractivity contribution is 5.91. The molecule has 9 nitrogen and oxygen atoms in total. The van der Waals surface area contributed by atoms with Crippen molar-refractivity contribution in [2.75, 3.05) is 33.7 Å². The van der Waals surface area contributed by atoms with Crippen molar-refractivity contribution in [1.82, 2.24) is 20.4 Å². The maximum atomic E-state index is 13.7. The minimum absolute atomic E-state index is 0.0218. The van der Waals surface area contributed by atoms with Gasteiger partial charge in [-0.25, -0.2) is 0 Å². The monoisotopic (exact) mass is 596 g/mol. The van der Waals surface area contributed by atoms with Gasteiger partial charge in [-0.2, -0.15) is 0 Å². The van der Waals surface area contributed by atoms with Crippen molar-refractivity contribution in [1.29, 1.82) is 0 Å². The van der Waals surface area contributed by atoms with E-state index in [1.54, 1.807) is 11.9 Å². The topological polar surface area (TPSA) is 122 Å². The molecule has 5 atom stereocenters. The number of terminal acetylenes is 1. The minimum Gasteiger partial charge on any atom is -0.388 e. The summed E-state index contributed by atoms with van der Waals surface area (Å²) in [4.78, 5) is 44.0. The van der Waals surface area contributed by atoms with E-state index in [-0.39, 0.29) is 18.7 Å². The Kier molecular flexibility index (Phi) is 16.0. The van der Waals surface area contributed by atoms with Crippen LogP contribution in [0.1, 0.15) is 63.9 Å². The van der Waals surface area contributed by atoms with Gasteiger partial charge in [-0.1, -0.05) is 75.4 Å². The number of hydrogen-bond acceptors (Lipinski definition) is 6. The van der Waals surface area contributed by atoms with E-state index in [2.05, 4.69) is 28.0 Å². The molecule has 1 fully saturated rings. The third-order valence-electron chi connectivity index (χ3n) is 8.50. The lowest BCUT2D eigenvalue weighted by molar-refractivity contribution is -0.136. The fourth-order valence-electron chi connectivity index (χ4n) is 5.47. The van der Waals surface area contributed by atoms with Gasteiger partial charge < -0.3 is 30.6 Å². The molecule has 43 heavy (non-hydrogen) atoms. The molecule has 1 aromatic rings. The molecule has 2 rings (SSSR count). The molecular formula is C34H52N4O5. The Balaban J connectivity index is 2.19. The van der Waals surface area contributed by atoms with Gasteiger partial charge in [-0.05, 0) is 37.9 Å². The molecule has 4 N–H and O–H groups in total. The lowest BCUT2D eigenvalue weighted by Gasteiger charge is -2.32. The molecule has 238 valence electrons. The number of hydrogen-bond donors (Lipinski definition) is 4. The summed E-state index contributed by atoms with van der Waals surface area (Å²) >= 11 is 0. The van der Waals surface area contributed by atoms with E-state index in [9.17, 15) is 24.6 Å². The quantitative estimate of drug-likeness (QED) is 0.153. The summed E-state index contributed by atoms with van der Waals surface area (Å²) in [5.74, 6) is 0.917. The van der Waals surface area contributed by atoms with Crippen molar-refractivity contribution >= 4 is 17.7 Å². The number of benzene rings is 1. The predicted octanol–water partition coefficient (Wildman–Crippen LogP) is 2.52. The summed E-state index contributed by atoms with van der Waals surface area (Å²) in [5.41, 5.74) is 0.899. The molecule has 0 aromatic heterocycles. The van der Waals surface area contributed by atoms with Crippen molar-refractivity contribution in [2.24, 2.45) is 11.8 Å². The van der Waals surface area contributed by atoms with E-state index in [0.29, 0.717) is 31.8 Å². The average molecular weight is 597 g/mol. The Morgan fingerprint density at radius 2 is 1.74 bits per heavy atom. The van der Waals surface area contributed by atoms with Crippen LogP contribution < -0.4 is 10.6 Å². The molecule has 1 aromatic carbocycles. The van der Waals surface area contributed by atoms with Crippen LogP contribution in [0.2, 0.25) is 0 Å². The largest absolute Gasteiger partial charge is 0.388 e. The summed E-state index contributed by atoms with van der Waals surface area (Å²) in [6, 6.07) is 7.64. The number of carbonyl (C=O) groups is 3. The lowest BCUT2D eigenvalue weighted by atomic mass is 9.83. The van der Waals surface area contributed by atoms with Crippen LogP contribution in [0.4, 0.5) is 0 Å². The van der Waals surface area contributed by atoms with Gasteiger partial charge in [-0.15, -0.1) is 18.9 Å². The molecule has 3 amide bonds. The van der Waals surface area contributed by atoms with Gasteiger partial charge in [0.15, 0.2) is 0 Å². The standard InChI is InChI=1S/C34H52N4O5/c1-6-15-28(34(43)36-29(32(41)30(39)7-2)23-26-18-13-10-14-19-26)35-33(42)27(22-25-16-11-9-12-17-25)24-31(40)38(5)21-20-37(4)8-3/h1,7,9,11-12,16-17,26-30,32,39,41H,2,8,10,13-15,18-24H2,3-5H3,(H,35,42)(H,36,43)/t27?,28-,29?,30?,32+/m0/s1. The Hall–Kier alpha value is -3.19. The number of amides is 3. The molecule has 0 aliphatic heterocycles. The molecule has 1 aliphatic rings. The lowest BCUT2D eigenvalue weighted by Crippen LogP contribution is -2.55. The maximum Gasteiger partial charge on any atom is 0.243 e. The third kappa shape index (κ3) is 12.5. The number of aliphatic hydroxyl groups is 2. The highest BCUT2D eigenvalue weighted by Crippen LogP contribution is 2.28. The summed E-state index contributed by atoms with van der Waals surface area (Å²) in [6.45, 7) is 7.73. The van der Waals surface area contributed by atoms with E-state index in [1.165, 1.54) is 12.5 Å². The second-order valence-corrected chi connectivity index (χ2v) is 11.8. The van der Waals surface area contributed by atoms with Crippen molar-refractivity contribution < 1.29 is 24.6 Å². The van der Waals surface area contributed by atoms with E-state index in [1.807, 2.05) is 44.3 Å². The summed E-state index contributed by atoms with van der Waals surface area (Å²) in [7, 11) is 3.71. The number of nitrogens with zero attached hydrogens (tertiary/aromatic N) is 2. The van der Waals surface area contributed by atoms with Crippen LogP contribution in [-0.4, -0.2) is 95.8 Å². The fourth-order valence-corrected chi connectivity index (χ4v) is 5.47. The van der Waals surface area contributed by atoms with Crippen LogP contribution in [0.3, 0.4) is 0 Å². The van der Waals surface area contributed by atoms with Crippen molar-refractivity contribution in [2.45, 2.75) is 89.0 Å². The van der Waals surface area contributed by atoms with Gasteiger partial charge in [0.25, 0.3) is 0 Å². The zero-order chi connectivity index (χ0) is 31.8. The first-order chi connectivity index (χ1) is 20.6. The number of nitrogens with one attached hydrogen (secondary N) is 2. The Morgan fingerprint density at radius 3 is 2.35 bits per heavy atom. The third-order valence-corrected chi connectivity index (χ3v) is 8.50. The molecular weight excluding hydrogens is 544 g/mol. The summed E-state index contributed by atoms with van der Waals surface area (Å²) in [5, 5.41) is 26.8. The van der Waals surface area contributed by atoms with Crippen LogP contribution in [0.5, 0.6) is 0 Å². The molecule has 3 unspecified atom stereocenters. The Bertz CT molecular complexity index is 1050. The number of rotatable bonds is 18. The molecule has 0 heterocycles. The summed E-state index contributed by atoms with van der Waals surface area (Å²) < 4.78 is 0. The smallest absolute Gasteiger partial charge is 0.243 e. The van der Waals surface area contributed by atoms with Gasteiger partial charge in [0.05, 0.1) is 18.1 Å². The first-order valence-electron chi connectivity index (χ1n) is 15.6. The van der Waals surface area contributed by atoms with Gasteiger partial charge in [0.2, 0.25) is 17.7 Å². The van der Waals surface area contributed by atoms with Crippen LogP contribution in [0, 0.1) is 24.2 Å². The number of aliphatic hydroxyl groups excluding tert-OH is 2. The normalized spacial score (nSPS) is 17.1. The van der Waals surface area contributed by atoms with Crippen molar-refractivity contribution in [3.63, 3.8) is 0 Å². The second-order valence-electron chi connectivity index (χ2n) is 11.8. The maximum absolute atomic E-state index is 13.7. The molecule has 0 spiro atoms. The zero-order valence-corrected chi connectivity index (χ0v) is 26.2. The van der Waals surface area contributed by atoms with Crippen LogP contribution in [-0.2, 0) is 20.8 Å². The van der Waals surface area contributed by atoms with Gasteiger partial charge in [0, 0.05) is 33.0 Å². The SMILES string of the molecule is C#CC[C@H](NC(=O)C(CC(=O)N(C)CCN(C)CC)Cc1ccccc1)C(=O)NC(CC1CCCCC1)[C@@H](O)C(O)C=C. The van der Waals surface area contributed by atoms with Gasteiger partial charge in [-0.3, -0.25) is 14.4 Å². The van der Waals surface area contributed by atoms with Gasteiger partial charge >= 0.3 is 0 Å². The van der Waals surface area contributed by atoms with E-state index >= 15 is 0 Å². The molecule has 1 aliphatic carbocycles. The number of likely N-dealkylation sites (N-methyl/N-ethyl adjacent to an activating group) is 2. The van der Waals surface area contributed by atoms with Crippen LogP contribution in [0.15, 0.2) is 43.0 Å². The Morgan fingerprint density at radius 1 is 1.07 bits per heavy atom. The van der Waals surface area contributed by atoms with Crippen molar-refractivity contribution in [3.05, 3.63) is 48.6 Å².